The summed E-state index contributed by atoms with van der Waals surface area (Å²) in [4.78, 5) is 0. The highest BCUT2D eigenvalue weighted by Crippen LogP contribution is 2.39. The molecule has 1 aliphatic carbocycles. The van der Waals surface area contributed by atoms with Gasteiger partial charge in [-0.15, -0.1) is 0 Å². The zero-order valence-electron chi connectivity index (χ0n) is 21.9. The minimum absolute atomic E-state index is 0.0267. The first-order valence-corrected chi connectivity index (χ1v) is 13.1. The molecule has 0 aromatic heterocycles. The van der Waals surface area contributed by atoms with Gasteiger partial charge in [0.15, 0.2) is 34.8 Å². The third-order valence-electron chi connectivity index (χ3n) is 6.99. The fourth-order valence-corrected chi connectivity index (χ4v) is 4.88. The van der Waals surface area contributed by atoms with E-state index in [1.165, 1.54) is 36.4 Å². The van der Waals surface area contributed by atoms with Gasteiger partial charge >= 0.3 is 0 Å². The van der Waals surface area contributed by atoms with E-state index in [-0.39, 0.29) is 65.7 Å². The van der Waals surface area contributed by atoms with Crippen LogP contribution in [0.15, 0.2) is 42.5 Å². The Balaban J connectivity index is 1.46. The second-order valence-corrected chi connectivity index (χ2v) is 9.51. The molecule has 208 valence electrons. The van der Waals surface area contributed by atoms with Crippen LogP contribution in [-0.4, -0.2) is 13.2 Å². The van der Waals surface area contributed by atoms with Crippen molar-refractivity contribution in [2.75, 3.05) is 13.2 Å². The van der Waals surface area contributed by atoms with Crippen LogP contribution in [0.3, 0.4) is 0 Å². The zero-order valence-corrected chi connectivity index (χ0v) is 21.9. The summed E-state index contributed by atoms with van der Waals surface area (Å²) in [5.41, 5.74) is 0.990. The summed E-state index contributed by atoms with van der Waals surface area (Å²) in [5.74, 6) is -6.85. The maximum atomic E-state index is 15.1. The second kappa shape index (κ2) is 12.6. The van der Waals surface area contributed by atoms with E-state index in [9.17, 15) is 22.0 Å². The van der Waals surface area contributed by atoms with Gasteiger partial charge in [0, 0.05) is 5.56 Å². The smallest absolute Gasteiger partial charge is 0.200 e. The molecule has 0 amide bonds. The third-order valence-corrected chi connectivity index (χ3v) is 6.99. The van der Waals surface area contributed by atoms with Crippen molar-refractivity contribution in [1.29, 1.82) is 0 Å². The van der Waals surface area contributed by atoms with Crippen molar-refractivity contribution < 1.29 is 35.8 Å². The van der Waals surface area contributed by atoms with Gasteiger partial charge in [-0.2, -0.15) is 8.78 Å². The van der Waals surface area contributed by atoms with Crippen molar-refractivity contribution in [3.8, 4) is 11.5 Å². The highest BCUT2D eigenvalue weighted by atomic mass is 19.2. The molecule has 39 heavy (non-hydrogen) atoms. The van der Waals surface area contributed by atoms with Gasteiger partial charge in [-0.1, -0.05) is 37.3 Å². The second-order valence-electron chi connectivity index (χ2n) is 9.51. The van der Waals surface area contributed by atoms with Crippen LogP contribution in [0.2, 0.25) is 0 Å². The van der Waals surface area contributed by atoms with Gasteiger partial charge in [-0.3, -0.25) is 0 Å². The molecular formula is C31H30F6O2. The molecule has 0 saturated heterocycles. The van der Waals surface area contributed by atoms with Crippen LogP contribution < -0.4 is 9.47 Å². The maximum absolute atomic E-state index is 15.1. The SMILES string of the molecule is CCCOc1ccc(CCc2ccc(C3=CCC(c4ccc(OCC)c(F)c4F)CC3)c(F)c2F)c(F)c1F. The van der Waals surface area contributed by atoms with Gasteiger partial charge in [-0.05, 0) is 85.8 Å². The van der Waals surface area contributed by atoms with E-state index in [4.69, 9.17) is 9.47 Å². The lowest BCUT2D eigenvalue weighted by Gasteiger charge is -2.24. The molecule has 0 fully saturated rings. The maximum Gasteiger partial charge on any atom is 0.200 e. The van der Waals surface area contributed by atoms with Crippen molar-refractivity contribution in [2.24, 2.45) is 0 Å². The van der Waals surface area contributed by atoms with Crippen molar-refractivity contribution in [1.82, 2.24) is 0 Å². The average molecular weight is 549 g/mol. The number of allylic oxidation sites excluding steroid dienone is 2. The fourth-order valence-electron chi connectivity index (χ4n) is 4.88. The lowest BCUT2D eigenvalue weighted by Crippen LogP contribution is -2.10. The normalized spacial score (nSPS) is 15.3. The van der Waals surface area contributed by atoms with E-state index in [0.717, 1.165) is 0 Å². The minimum atomic E-state index is -1.10. The highest BCUT2D eigenvalue weighted by Gasteiger charge is 2.25. The van der Waals surface area contributed by atoms with Gasteiger partial charge < -0.3 is 9.47 Å². The van der Waals surface area contributed by atoms with Crippen LogP contribution in [0, 0.1) is 34.9 Å². The Morgan fingerprint density at radius 1 is 0.692 bits per heavy atom. The van der Waals surface area contributed by atoms with Gasteiger partial charge in [0.1, 0.15) is 0 Å². The molecule has 0 bridgehead atoms. The lowest BCUT2D eigenvalue weighted by atomic mass is 9.82. The molecule has 1 aliphatic rings. The van der Waals surface area contributed by atoms with E-state index in [1.54, 1.807) is 13.0 Å². The Morgan fingerprint density at radius 2 is 1.31 bits per heavy atom. The monoisotopic (exact) mass is 548 g/mol. The van der Waals surface area contributed by atoms with E-state index in [2.05, 4.69) is 0 Å². The Morgan fingerprint density at radius 3 is 1.95 bits per heavy atom. The highest BCUT2D eigenvalue weighted by molar-refractivity contribution is 5.67. The molecule has 1 atom stereocenters. The van der Waals surface area contributed by atoms with Crippen molar-refractivity contribution >= 4 is 5.57 Å². The Kier molecular flexibility index (Phi) is 9.25. The van der Waals surface area contributed by atoms with Gasteiger partial charge in [-0.25, -0.2) is 17.6 Å². The number of hydrogen-bond donors (Lipinski definition) is 0. The minimum Gasteiger partial charge on any atom is -0.491 e. The zero-order chi connectivity index (χ0) is 28.1. The number of hydrogen-bond acceptors (Lipinski definition) is 2. The van der Waals surface area contributed by atoms with E-state index in [1.807, 2.05) is 6.92 Å². The molecule has 0 heterocycles. The summed E-state index contributed by atoms with van der Waals surface area (Å²) < 4.78 is 97.9. The summed E-state index contributed by atoms with van der Waals surface area (Å²) in [7, 11) is 0. The first-order valence-electron chi connectivity index (χ1n) is 13.1. The topological polar surface area (TPSA) is 18.5 Å². The van der Waals surface area contributed by atoms with E-state index >= 15 is 4.39 Å². The summed E-state index contributed by atoms with van der Waals surface area (Å²) in [6.07, 6.45) is 3.43. The summed E-state index contributed by atoms with van der Waals surface area (Å²) >= 11 is 0. The van der Waals surface area contributed by atoms with Gasteiger partial charge in [0.2, 0.25) is 11.6 Å². The Bertz CT molecular complexity index is 1370. The molecule has 1 unspecified atom stereocenters. The summed E-state index contributed by atoms with van der Waals surface area (Å²) in [6.45, 7) is 3.98. The van der Waals surface area contributed by atoms with E-state index in [0.29, 0.717) is 31.3 Å². The predicted molar refractivity (Wildman–Crippen MR) is 138 cm³/mol. The summed E-state index contributed by atoms with van der Waals surface area (Å²) in [5, 5.41) is 0. The standard InChI is InChI=1S/C31H30F6O2/c1-3-17-39-25-15-12-21(27(33)30(25)36)10-9-20-11-13-22(28(34)26(20)32)18-5-7-19(8-6-18)23-14-16-24(38-4-2)31(37)29(23)35/h5,11-16,19H,3-4,6-10,17H2,1-2H3. The van der Waals surface area contributed by atoms with Crippen LogP contribution >= 0.6 is 0 Å². The van der Waals surface area contributed by atoms with Crippen molar-refractivity contribution in [2.45, 2.75) is 58.3 Å². The average Bonchev–Trinajstić information content (AvgIpc) is 2.94. The van der Waals surface area contributed by atoms with Gasteiger partial charge in [0.25, 0.3) is 0 Å². The van der Waals surface area contributed by atoms with Crippen molar-refractivity contribution in [3.05, 3.63) is 99.6 Å². The number of rotatable bonds is 10. The quantitative estimate of drug-likeness (QED) is 0.236. The molecule has 3 aromatic carbocycles. The first-order chi connectivity index (χ1) is 18.8. The Labute approximate surface area is 224 Å². The van der Waals surface area contributed by atoms with E-state index < -0.39 is 34.9 Å². The number of halogens is 6. The molecule has 2 nitrogen and oxygen atoms in total. The third kappa shape index (κ3) is 6.10. The van der Waals surface area contributed by atoms with Gasteiger partial charge in [0.05, 0.1) is 13.2 Å². The Hall–Kier alpha value is -3.42. The molecule has 0 spiro atoms. The molecule has 0 saturated carbocycles. The largest absolute Gasteiger partial charge is 0.491 e. The predicted octanol–water partition coefficient (Wildman–Crippen LogP) is 8.85. The lowest BCUT2D eigenvalue weighted by molar-refractivity contribution is 0.294. The van der Waals surface area contributed by atoms with Crippen LogP contribution in [0.5, 0.6) is 11.5 Å². The molecule has 0 N–H and O–H groups in total. The molecule has 8 heteroatoms. The fraction of sp³-hybridized carbons (Fsp3) is 0.355. The molecule has 0 aliphatic heterocycles. The van der Waals surface area contributed by atoms with Crippen LogP contribution in [0.4, 0.5) is 26.3 Å². The molecular weight excluding hydrogens is 518 g/mol. The molecule has 4 rings (SSSR count). The first kappa shape index (κ1) is 28.6. The van der Waals surface area contributed by atoms with Crippen LogP contribution in [0.25, 0.3) is 5.57 Å². The number of ether oxygens (including phenoxy) is 2. The number of aryl methyl sites for hydroxylation is 2. The van der Waals surface area contributed by atoms with Crippen LogP contribution in [0.1, 0.15) is 67.7 Å². The summed E-state index contributed by atoms with van der Waals surface area (Å²) in [6, 6.07) is 8.53. The van der Waals surface area contributed by atoms with Crippen molar-refractivity contribution in [3.63, 3.8) is 0 Å². The molecule has 0 radical (unpaired) electrons. The van der Waals surface area contributed by atoms with Crippen LogP contribution in [-0.2, 0) is 12.8 Å². The molecule has 3 aromatic rings. The number of benzene rings is 3.